The van der Waals surface area contributed by atoms with Gasteiger partial charge in [0, 0.05) is 10.5 Å². The molecule has 0 heterocycles. The van der Waals surface area contributed by atoms with Crippen LogP contribution in [0.3, 0.4) is 0 Å². The van der Waals surface area contributed by atoms with Crippen molar-refractivity contribution in [2.24, 2.45) is 5.73 Å². The Morgan fingerprint density at radius 1 is 1.24 bits per heavy atom. The van der Waals surface area contributed by atoms with Gasteiger partial charge >= 0.3 is 0 Å². The number of methoxy groups -OCH3 is 1. The van der Waals surface area contributed by atoms with E-state index in [2.05, 4.69) is 21.2 Å². The van der Waals surface area contributed by atoms with Crippen molar-refractivity contribution in [1.29, 1.82) is 0 Å². The molecule has 5 heteroatoms. The molecule has 1 amide bonds. The number of aryl methyl sites for hydroxylation is 1. The SMILES string of the molecule is COc1ccc(Br)c(NC(=O)C(N)c2ccc(C)cc2)c1. The average molecular weight is 349 g/mol. The zero-order valence-electron chi connectivity index (χ0n) is 11.9. The summed E-state index contributed by atoms with van der Waals surface area (Å²) in [6.07, 6.45) is 0. The van der Waals surface area contributed by atoms with E-state index in [-0.39, 0.29) is 5.91 Å². The smallest absolute Gasteiger partial charge is 0.245 e. The van der Waals surface area contributed by atoms with Crippen LogP contribution in [0.4, 0.5) is 5.69 Å². The first-order chi connectivity index (χ1) is 10.0. The van der Waals surface area contributed by atoms with Crippen molar-refractivity contribution in [3.63, 3.8) is 0 Å². The lowest BCUT2D eigenvalue weighted by molar-refractivity contribution is -0.117. The van der Waals surface area contributed by atoms with Crippen molar-refractivity contribution in [1.82, 2.24) is 0 Å². The van der Waals surface area contributed by atoms with Crippen LogP contribution in [0.15, 0.2) is 46.9 Å². The number of hydrogen-bond donors (Lipinski definition) is 2. The zero-order valence-corrected chi connectivity index (χ0v) is 13.5. The number of halogens is 1. The molecule has 0 fully saturated rings. The second kappa shape index (κ2) is 6.74. The van der Waals surface area contributed by atoms with Gasteiger partial charge in [-0.25, -0.2) is 0 Å². The van der Waals surface area contributed by atoms with Crippen LogP contribution in [0.2, 0.25) is 0 Å². The number of nitrogens with two attached hydrogens (primary N) is 1. The molecular weight excluding hydrogens is 332 g/mol. The van der Waals surface area contributed by atoms with Crippen LogP contribution in [0.1, 0.15) is 17.2 Å². The molecule has 4 nitrogen and oxygen atoms in total. The Bertz CT molecular complexity index is 641. The Balaban J connectivity index is 2.15. The minimum Gasteiger partial charge on any atom is -0.497 e. The summed E-state index contributed by atoms with van der Waals surface area (Å²) in [7, 11) is 1.58. The monoisotopic (exact) mass is 348 g/mol. The van der Waals surface area contributed by atoms with Gasteiger partial charge in [-0.1, -0.05) is 29.8 Å². The summed E-state index contributed by atoms with van der Waals surface area (Å²) in [5.74, 6) is 0.394. The fraction of sp³-hybridized carbons (Fsp3) is 0.188. The largest absolute Gasteiger partial charge is 0.497 e. The van der Waals surface area contributed by atoms with Crippen LogP contribution in [-0.2, 0) is 4.79 Å². The second-order valence-electron chi connectivity index (χ2n) is 4.72. The van der Waals surface area contributed by atoms with Crippen molar-refractivity contribution in [2.75, 3.05) is 12.4 Å². The van der Waals surface area contributed by atoms with Crippen molar-refractivity contribution in [3.8, 4) is 5.75 Å². The Labute approximate surface area is 132 Å². The summed E-state index contributed by atoms with van der Waals surface area (Å²) in [6.45, 7) is 1.99. The van der Waals surface area contributed by atoms with Crippen LogP contribution in [0.25, 0.3) is 0 Å². The highest BCUT2D eigenvalue weighted by Crippen LogP contribution is 2.28. The number of ether oxygens (including phenoxy) is 1. The van der Waals surface area contributed by atoms with Crippen LogP contribution >= 0.6 is 15.9 Å². The molecule has 0 aliphatic rings. The third-order valence-electron chi connectivity index (χ3n) is 3.15. The first-order valence-corrected chi connectivity index (χ1v) is 7.27. The first kappa shape index (κ1) is 15.5. The maximum Gasteiger partial charge on any atom is 0.245 e. The van der Waals surface area contributed by atoms with Gasteiger partial charge in [-0.05, 0) is 40.5 Å². The van der Waals surface area contributed by atoms with Gasteiger partial charge < -0.3 is 15.8 Å². The molecule has 1 atom stereocenters. The fourth-order valence-corrected chi connectivity index (χ4v) is 2.21. The number of benzene rings is 2. The standard InChI is InChI=1S/C16H17BrN2O2/c1-10-3-5-11(6-4-10)15(18)16(20)19-14-9-12(21-2)7-8-13(14)17/h3-9,15H,18H2,1-2H3,(H,19,20). The van der Waals surface area contributed by atoms with Gasteiger partial charge in [0.15, 0.2) is 0 Å². The van der Waals surface area contributed by atoms with Crippen molar-refractivity contribution in [3.05, 3.63) is 58.1 Å². The maximum atomic E-state index is 12.3. The van der Waals surface area contributed by atoms with Gasteiger partial charge in [-0.3, -0.25) is 4.79 Å². The Kier molecular flexibility index (Phi) is 4.98. The van der Waals surface area contributed by atoms with E-state index < -0.39 is 6.04 Å². The molecular formula is C16H17BrN2O2. The quantitative estimate of drug-likeness (QED) is 0.889. The molecule has 2 aromatic carbocycles. The minimum atomic E-state index is -0.719. The van der Waals surface area contributed by atoms with E-state index in [9.17, 15) is 4.79 Å². The van der Waals surface area contributed by atoms with E-state index in [0.717, 1.165) is 15.6 Å². The van der Waals surface area contributed by atoms with Gasteiger partial charge in [0.25, 0.3) is 0 Å². The topological polar surface area (TPSA) is 64.3 Å². The lowest BCUT2D eigenvalue weighted by Gasteiger charge is -2.14. The Hall–Kier alpha value is -1.85. The van der Waals surface area contributed by atoms with E-state index in [0.29, 0.717) is 11.4 Å². The predicted octanol–water partition coefficient (Wildman–Crippen LogP) is 3.40. The van der Waals surface area contributed by atoms with Crippen LogP contribution < -0.4 is 15.8 Å². The number of nitrogens with one attached hydrogen (secondary N) is 1. The zero-order chi connectivity index (χ0) is 15.4. The highest BCUT2D eigenvalue weighted by molar-refractivity contribution is 9.10. The van der Waals surface area contributed by atoms with Crippen molar-refractivity contribution >= 4 is 27.5 Å². The van der Waals surface area contributed by atoms with Gasteiger partial charge in [-0.15, -0.1) is 0 Å². The van der Waals surface area contributed by atoms with E-state index in [4.69, 9.17) is 10.5 Å². The third-order valence-corrected chi connectivity index (χ3v) is 3.84. The van der Waals surface area contributed by atoms with Crippen LogP contribution in [0, 0.1) is 6.92 Å². The van der Waals surface area contributed by atoms with Gasteiger partial charge in [0.1, 0.15) is 11.8 Å². The fourth-order valence-electron chi connectivity index (χ4n) is 1.86. The Morgan fingerprint density at radius 2 is 1.90 bits per heavy atom. The molecule has 0 spiro atoms. The number of amides is 1. The molecule has 2 rings (SSSR count). The molecule has 0 bridgehead atoms. The molecule has 0 radical (unpaired) electrons. The van der Waals surface area contributed by atoms with E-state index in [1.54, 1.807) is 19.2 Å². The lowest BCUT2D eigenvalue weighted by atomic mass is 10.1. The molecule has 110 valence electrons. The first-order valence-electron chi connectivity index (χ1n) is 6.48. The van der Waals surface area contributed by atoms with E-state index in [1.807, 2.05) is 37.3 Å². The van der Waals surface area contributed by atoms with Crippen LogP contribution in [0.5, 0.6) is 5.75 Å². The molecule has 2 aromatic rings. The number of carbonyl (C=O) groups excluding carboxylic acids is 1. The van der Waals surface area contributed by atoms with E-state index >= 15 is 0 Å². The molecule has 1 unspecified atom stereocenters. The second-order valence-corrected chi connectivity index (χ2v) is 5.58. The molecule has 3 N–H and O–H groups in total. The highest BCUT2D eigenvalue weighted by atomic mass is 79.9. The minimum absolute atomic E-state index is 0.271. The summed E-state index contributed by atoms with van der Waals surface area (Å²) in [4.78, 5) is 12.3. The number of rotatable bonds is 4. The van der Waals surface area contributed by atoms with Crippen molar-refractivity contribution in [2.45, 2.75) is 13.0 Å². The maximum absolute atomic E-state index is 12.3. The summed E-state index contributed by atoms with van der Waals surface area (Å²) in [5, 5.41) is 2.81. The molecule has 0 aliphatic heterocycles. The van der Waals surface area contributed by atoms with Gasteiger partial charge in [0.05, 0.1) is 12.8 Å². The highest BCUT2D eigenvalue weighted by Gasteiger charge is 2.17. The predicted molar refractivity (Wildman–Crippen MR) is 87.4 cm³/mol. The average Bonchev–Trinajstić information content (AvgIpc) is 2.49. The lowest BCUT2D eigenvalue weighted by Crippen LogP contribution is -2.27. The summed E-state index contributed by atoms with van der Waals surface area (Å²) in [6, 6.07) is 12.2. The summed E-state index contributed by atoms with van der Waals surface area (Å²) in [5.41, 5.74) is 8.53. The van der Waals surface area contributed by atoms with Gasteiger partial charge in [0.2, 0.25) is 5.91 Å². The Morgan fingerprint density at radius 3 is 2.52 bits per heavy atom. The van der Waals surface area contributed by atoms with E-state index in [1.165, 1.54) is 0 Å². The molecule has 21 heavy (non-hydrogen) atoms. The number of carbonyl (C=O) groups is 1. The van der Waals surface area contributed by atoms with Gasteiger partial charge in [-0.2, -0.15) is 0 Å². The molecule has 0 aromatic heterocycles. The molecule has 0 saturated heterocycles. The van der Waals surface area contributed by atoms with Crippen LogP contribution in [-0.4, -0.2) is 13.0 Å². The molecule has 0 aliphatic carbocycles. The normalized spacial score (nSPS) is 11.8. The summed E-state index contributed by atoms with van der Waals surface area (Å²) >= 11 is 3.39. The summed E-state index contributed by atoms with van der Waals surface area (Å²) < 4.78 is 5.92. The molecule has 0 saturated carbocycles. The number of hydrogen-bond acceptors (Lipinski definition) is 3. The third kappa shape index (κ3) is 3.83. The van der Waals surface area contributed by atoms with Crippen molar-refractivity contribution < 1.29 is 9.53 Å². The number of anilines is 1.